The van der Waals surface area contributed by atoms with Gasteiger partial charge in [0.2, 0.25) is 0 Å². The highest BCUT2D eigenvalue weighted by Crippen LogP contribution is 2.37. The maximum Gasteiger partial charge on any atom is 0.417 e. The van der Waals surface area contributed by atoms with E-state index < -0.39 is 31.7 Å². The van der Waals surface area contributed by atoms with E-state index in [4.69, 9.17) is 4.98 Å². The molecule has 0 radical (unpaired) electrons. The summed E-state index contributed by atoms with van der Waals surface area (Å²) in [7, 11) is -4.09. The van der Waals surface area contributed by atoms with Crippen molar-refractivity contribution in [3.05, 3.63) is 76.3 Å². The molecule has 2 aromatic carbocycles. The third-order valence-corrected chi connectivity index (χ3v) is 9.27. The summed E-state index contributed by atoms with van der Waals surface area (Å²) < 4.78 is 66.1. The lowest BCUT2D eigenvalue weighted by molar-refractivity contribution is -0.139. The number of aryl methyl sites for hydroxylation is 1. The van der Waals surface area contributed by atoms with E-state index in [0.717, 1.165) is 35.8 Å². The predicted molar refractivity (Wildman–Crippen MR) is 125 cm³/mol. The molecule has 0 aliphatic carbocycles. The van der Waals surface area contributed by atoms with Crippen LogP contribution >= 0.6 is 11.3 Å². The topological polar surface area (TPSA) is 50.3 Å². The van der Waals surface area contributed by atoms with Crippen molar-refractivity contribution >= 4 is 26.3 Å². The van der Waals surface area contributed by atoms with Gasteiger partial charge in [-0.15, -0.1) is 11.3 Å². The van der Waals surface area contributed by atoms with Gasteiger partial charge in [-0.2, -0.15) is 13.2 Å². The van der Waals surface area contributed by atoms with Crippen molar-refractivity contribution in [3.63, 3.8) is 0 Å². The molecule has 0 amide bonds. The number of aromatic nitrogens is 1. The average Bonchev–Trinajstić information content (AvgIpc) is 3.27. The van der Waals surface area contributed by atoms with E-state index in [2.05, 4.69) is 31.2 Å². The van der Waals surface area contributed by atoms with Gasteiger partial charge in [0.1, 0.15) is 0 Å². The number of anilines is 1. The zero-order valence-corrected chi connectivity index (χ0v) is 19.8. The largest absolute Gasteiger partial charge is 0.417 e. The van der Waals surface area contributed by atoms with Gasteiger partial charge in [-0.1, -0.05) is 43.3 Å². The predicted octanol–water partition coefficient (Wildman–Crippen LogP) is 5.76. The van der Waals surface area contributed by atoms with E-state index in [0.29, 0.717) is 13.1 Å². The quantitative estimate of drug-likeness (QED) is 0.437. The summed E-state index contributed by atoms with van der Waals surface area (Å²) in [6.07, 6.45) is -2.46. The number of rotatable bonds is 6. The molecule has 1 saturated heterocycles. The minimum absolute atomic E-state index is 0.266. The van der Waals surface area contributed by atoms with Gasteiger partial charge in [0.05, 0.1) is 21.4 Å². The van der Waals surface area contributed by atoms with Crippen molar-refractivity contribution in [2.45, 2.75) is 48.9 Å². The first-order chi connectivity index (χ1) is 15.7. The zero-order valence-electron chi connectivity index (χ0n) is 18.2. The number of hydrogen-bond donors (Lipinski definition) is 0. The van der Waals surface area contributed by atoms with Gasteiger partial charge >= 0.3 is 6.18 Å². The smallest absolute Gasteiger partial charge is 0.348 e. The highest BCUT2D eigenvalue weighted by atomic mass is 32.2. The molecule has 0 bridgehead atoms. The van der Waals surface area contributed by atoms with E-state index in [1.165, 1.54) is 34.6 Å². The lowest BCUT2D eigenvalue weighted by Gasteiger charge is -2.31. The summed E-state index contributed by atoms with van der Waals surface area (Å²) in [5.41, 5.74) is 2.32. The van der Waals surface area contributed by atoms with E-state index in [9.17, 15) is 21.6 Å². The maximum atomic E-state index is 13.3. The van der Waals surface area contributed by atoms with Crippen molar-refractivity contribution in [2.75, 3.05) is 18.0 Å². The Kier molecular flexibility index (Phi) is 6.81. The molecule has 0 saturated carbocycles. The van der Waals surface area contributed by atoms with E-state index in [-0.39, 0.29) is 12.8 Å². The van der Waals surface area contributed by atoms with Crippen LogP contribution in [0.3, 0.4) is 0 Å². The molecule has 4 nitrogen and oxygen atoms in total. The molecule has 0 spiro atoms. The number of hydrogen-bond acceptors (Lipinski definition) is 5. The molecule has 1 fully saturated rings. The van der Waals surface area contributed by atoms with Crippen LogP contribution in [0.15, 0.2) is 58.8 Å². The number of alkyl halides is 3. The minimum Gasteiger partial charge on any atom is -0.348 e. The molecule has 1 aliphatic heterocycles. The number of benzene rings is 2. The third kappa shape index (κ3) is 5.24. The zero-order chi connectivity index (χ0) is 23.6. The van der Waals surface area contributed by atoms with Gasteiger partial charge < -0.3 is 4.90 Å². The molecular formula is C24H25F3N2O2S2. The van der Waals surface area contributed by atoms with Gasteiger partial charge in [0.15, 0.2) is 15.0 Å². The molecule has 9 heteroatoms. The minimum atomic E-state index is -4.71. The Labute approximate surface area is 196 Å². The summed E-state index contributed by atoms with van der Waals surface area (Å²) in [6, 6.07) is 12.9. The Balaban J connectivity index is 1.42. The van der Waals surface area contributed by atoms with Gasteiger partial charge in [0, 0.05) is 24.9 Å². The van der Waals surface area contributed by atoms with E-state index in [1.807, 2.05) is 10.3 Å². The lowest BCUT2D eigenvalue weighted by Crippen LogP contribution is -2.39. The van der Waals surface area contributed by atoms with Crippen LogP contribution in [0.4, 0.5) is 18.3 Å². The highest BCUT2D eigenvalue weighted by Gasteiger charge is 2.40. The SMILES string of the molecule is CCc1ccc(Cc2csc(N3CCC(S(=O)(=O)c4ccccc4C(F)(F)F)CC3)n2)cc1. The van der Waals surface area contributed by atoms with Gasteiger partial charge in [-0.3, -0.25) is 0 Å². The maximum absolute atomic E-state index is 13.3. The van der Waals surface area contributed by atoms with Crippen molar-refractivity contribution in [3.8, 4) is 0 Å². The van der Waals surface area contributed by atoms with Crippen LogP contribution in [0.2, 0.25) is 0 Å². The molecular weight excluding hydrogens is 469 g/mol. The Morgan fingerprint density at radius 3 is 2.30 bits per heavy atom. The summed E-state index contributed by atoms with van der Waals surface area (Å²) >= 11 is 1.51. The lowest BCUT2D eigenvalue weighted by atomic mass is 10.1. The Morgan fingerprint density at radius 2 is 1.67 bits per heavy atom. The van der Waals surface area contributed by atoms with Gasteiger partial charge in [-0.25, -0.2) is 13.4 Å². The van der Waals surface area contributed by atoms with Crippen LogP contribution in [0, 0.1) is 0 Å². The molecule has 0 atom stereocenters. The van der Waals surface area contributed by atoms with Crippen LogP contribution in [-0.4, -0.2) is 31.7 Å². The molecule has 176 valence electrons. The number of piperidine rings is 1. The standard InChI is InChI=1S/C24H25F3N2O2S2/c1-2-17-7-9-18(10-8-17)15-19-16-32-23(28-19)29-13-11-20(12-14-29)33(30,31)22-6-4-3-5-21(22)24(25,26)27/h3-10,16,20H,2,11-15H2,1H3. The summed E-state index contributed by atoms with van der Waals surface area (Å²) in [5, 5.41) is 1.99. The fraction of sp³-hybridized carbons (Fsp3) is 0.375. The van der Waals surface area contributed by atoms with Crippen LogP contribution in [0.25, 0.3) is 0 Å². The molecule has 1 aromatic heterocycles. The number of nitrogens with zero attached hydrogens (tertiary/aromatic N) is 2. The average molecular weight is 495 g/mol. The Hall–Kier alpha value is -2.39. The van der Waals surface area contributed by atoms with E-state index >= 15 is 0 Å². The fourth-order valence-electron chi connectivity index (χ4n) is 4.11. The van der Waals surface area contributed by atoms with Crippen molar-refractivity contribution in [1.82, 2.24) is 4.98 Å². The second kappa shape index (κ2) is 9.46. The molecule has 0 unspecified atom stereocenters. The van der Waals surface area contributed by atoms with Crippen LogP contribution in [0.1, 0.15) is 42.1 Å². The molecule has 33 heavy (non-hydrogen) atoms. The molecule has 4 rings (SSSR count). The van der Waals surface area contributed by atoms with Crippen molar-refractivity contribution in [2.24, 2.45) is 0 Å². The number of sulfone groups is 1. The first kappa shape index (κ1) is 23.8. The molecule has 1 aliphatic rings. The van der Waals surface area contributed by atoms with E-state index in [1.54, 1.807) is 0 Å². The Bertz CT molecular complexity index is 1200. The third-order valence-electron chi connectivity index (χ3n) is 6.01. The summed E-state index contributed by atoms with van der Waals surface area (Å²) in [5.74, 6) is 0. The number of thiazole rings is 1. The first-order valence-corrected chi connectivity index (χ1v) is 13.3. The van der Waals surface area contributed by atoms with Crippen molar-refractivity contribution < 1.29 is 21.6 Å². The van der Waals surface area contributed by atoms with Crippen molar-refractivity contribution in [1.29, 1.82) is 0 Å². The molecule has 0 N–H and O–H groups in total. The van der Waals surface area contributed by atoms with Gasteiger partial charge in [-0.05, 0) is 42.5 Å². The second-order valence-corrected chi connectivity index (χ2v) is 11.2. The van der Waals surface area contributed by atoms with Crippen LogP contribution < -0.4 is 4.90 Å². The van der Waals surface area contributed by atoms with Crippen LogP contribution in [0.5, 0.6) is 0 Å². The summed E-state index contributed by atoms with van der Waals surface area (Å²) in [4.78, 5) is 6.11. The van der Waals surface area contributed by atoms with Crippen LogP contribution in [-0.2, 0) is 28.9 Å². The highest BCUT2D eigenvalue weighted by molar-refractivity contribution is 7.92. The van der Waals surface area contributed by atoms with Gasteiger partial charge in [0.25, 0.3) is 0 Å². The fourth-order valence-corrected chi connectivity index (χ4v) is 6.94. The first-order valence-electron chi connectivity index (χ1n) is 10.9. The summed E-state index contributed by atoms with van der Waals surface area (Å²) in [6.45, 7) is 3.00. The normalized spacial score (nSPS) is 15.7. The number of halogens is 3. The molecule has 2 heterocycles. The molecule has 3 aromatic rings. The Morgan fingerprint density at radius 1 is 1.03 bits per heavy atom. The second-order valence-electron chi connectivity index (χ2n) is 8.19. The monoisotopic (exact) mass is 494 g/mol.